The number of carbonyl (C=O) groups is 2. The van der Waals surface area contributed by atoms with E-state index in [-0.39, 0.29) is 24.0 Å². The zero-order valence-corrected chi connectivity index (χ0v) is 14.3. The van der Waals surface area contributed by atoms with Gasteiger partial charge in [0.15, 0.2) is 18.1 Å². The van der Waals surface area contributed by atoms with E-state index in [0.717, 1.165) is 5.69 Å². The molecular weight excluding hydrogens is 338 g/mol. The van der Waals surface area contributed by atoms with E-state index in [2.05, 4.69) is 10.6 Å². The van der Waals surface area contributed by atoms with Gasteiger partial charge in [-0.05, 0) is 43.3 Å². The van der Waals surface area contributed by atoms with Crippen LogP contribution in [0.1, 0.15) is 17.3 Å². The standard InChI is InChI=1S/C18H21N3O5/c1-13(22)14-2-8-17(9-3-14)26-12-18(23)20-11-10-19-15-4-6-16(7-5-15)21(24)25/h2-9,19,21,24H,10-12H2,1H3,(H,20,23). The van der Waals surface area contributed by atoms with Crippen LogP contribution in [0.15, 0.2) is 48.5 Å². The highest BCUT2D eigenvalue weighted by Crippen LogP contribution is 2.12. The Hall–Kier alpha value is -2.94. The lowest BCUT2D eigenvalue weighted by molar-refractivity contribution is -0.991. The van der Waals surface area contributed by atoms with Crippen molar-refractivity contribution in [2.24, 2.45) is 0 Å². The van der Waals surface area contributed by atoms with E-state index in [0.29, 0.717) is 24.4 Å². The molecule has 0 aromatic heterocycles. The monoisotopic (exact) mass is 359 g/mol. The Bertz CT molecular complexity index is 729. The maximum absolute atomic E-state index is 11.7. The third kappa shape index (κ3) is 6.17. The molecule has 1 atom stereocenters. The number of hydrogen-bond acceptors (Lipinski definition) is 6. The van der Waals surface area contributed by atoms with E-state index < -0.39 is 5.23 Å². The Balaban J connectivity index is 1.65. The van der Waals surface area contributed by atoms with E-state index in [1.807, 2.05) is 0 Å². The topological polar surface area (TPSA) is 115 Å². The van der Waals surface area contributed by atoms with Crippen LogP contribution in [0.2, 0.25) is 0 Å². The van der Waals surface area contributed by atoms with Gasteiger partial charge in [-0.1, -0.05) is 0 Å². The van der Waals surface area contributed by atoms with Crippen molar-refractivity contribution in [1.29, 1.82) is 0 Å². The van der Waals surface area contributed by atoms with Crippen molar-refractivity contribution in [3.05, 3.63) is 59.3 Å². The van der Waals surface area contributed by atoms with Crippen molar-refractivity contribution in [1.82, 2.24) is 5.32 Å². The van der Waals surface area contributed by atoms with Gasteiger partial charge in [0.2, 0.25) is 0 Å². The minimum atomic E-state index is -0.972. The van der Waals surface area contributed by atoms with E-state index in [4.69, 9.17) is 9.94 Å². The summed E-state index contributed by atoms with van der Waals surface area (Å²) < 4.78 is 5.35. The highest BCUT2D eigenvalue weighted by atomic mass is 16.8. The molecule has 1 unspecified atom stereocenters. The molecule has 0 fully saturated rings. The minimum absolute atomic E-state index is 0.0283. The van der Waals surface area contributed by atoms with Gasteiger partial charge < -0.3 is 20.6 Å². The molecular formula is C18H21N3O5. The molecule has 4 N–H and O–H groups in total. The molecule has 0 bridgehead atoms. The summed E-state index contributed by atoms with van der Waals surface area (Å²) in [6, 6.07) is 12.9. The SMILES string of the molecule is CC(=O)c1ccc(OCC(=O)NCCNc2ccc([NH+]([O-])O)cc2)cc1. The van der Waals surface area contributed by atoms with E-state index in [9.17, 15) is 14.8 Å². The van der Waals surface area contributed by atoms with Crippen LogP contribution in [0.4, 0.5) is 11.4 Å². The van der Waals surface area contributed by atoms with Crippen molar-refractivity contribution in [3.63, 3.8) is 0 Å². The second-order valence-corrected chi connectivity index (χ2v) is 5.53. The molecule has 0 aliphatic heterocycles. The summed E-state index contributed by atoms with van der Waals surface area (Å²) in [6.45, 7) is 2.25. The Morgan fingerprint density at radius 3 is 2.31 bits per heavy atom. The Morgan fingerprint density at radius 2 is 1.73 bits per heavy atom. The Labute approximate surface area is 150 Å². The third-order valence-electron chi connectivity index (χ3n) is 3.54. The lowest BCUT2D eigenvalue weighted by atomic mass is 10.1. The summed E-state index contributed by atoms with van der Waals surface area (Å²) >= 11 is 0. The first-order chi connectivity index (χ1) is 12.5. The van der Waals surface area contributed by atoms with Crippen LogP contribution in [0.3, 0.4) is 0 Å². The van der Waals surface area contributed by atoms with Gasteiger partial charge in [0.1, 0.15) is 5.75 Å². The molecule has 138 valence electrons. The summed E-state index contributed by atoms with van der Waals surface area (Å²) in [5.74, 6) is 0.227. The highest BCUT2D eigenvalue weighted by molar-refractivity contribution is 5.94. The molecule has 8 nitrogen and oxygen atoms in total. The third-order valence-corrected chi connectivity index (χ3v) is 3.54. The van der Waals surface area contributed by atoms with Crippen LogP contribution in [0.5, 0.6) is 5.75 Å². The first-order valence-corrected chi connectivity index (χ1v) is 8.03. The number of amides is 1. The Morgan fingerprint density at radius 1 is 1.08 bits per heavy atom. The molecule has 0 aliphatic carbocycles. The lowest BCUT2D eigenvalue weighted by Crippen LogP contribution is -2.99. The Kier molecular flexibility index (Phi) is 7.10. The first kappa shape index (κ1) is 19.4. The zero-order chi connectivity index (χ0) is 18.9. The number of ether oxygens (including phenoxy) is 1. The van der Waals surface area contributed by atoms with Gasteiger partial charge in [-0.25, -0.2) is 5.21 Å². The molecule has 1 amide bonds. The fourth-order valence-electron chi connectivity index (χ4n) is 2.13. The van der Waals surface area contributed by atoms with E-state index >= 15 is 0 Å². The molecule has 26 heavy (non-hydrogen) atoms. The smallest absolute Gasteiger partial charge is 0.258 e. The van der Waals surface area contributed by atoms with E-state index in [1.54, 1.807) is 36.4 Å². The summed E-state index contributed by atoms with van der Waals surface area (Å²) in [6.07, 6.45) is 0. The maximum Gasteiger partial charge on any atom is 0.258 e. The number of benzene rings is 2. The van der Waals surface area contributed by atoms with Gasteiger partial charge in [0, 0.05) is 36.5 Å². The molecule has 0 heterocycles. The highest BCUT2D eigenvalue weighted by Gasteiger charge is 2.04. The molecule has 0 saturated carbocycles. The quantitative estimate of drug-likeness (QED) is 0.300. The van der Waals surface area contributed by atoms with Crippen LogP contribution >= 0.6 is 0 Å². The number of quaternary nitrogens is 1. The molecule has 0 radical (unpaired) electrons. The van der Waals surface area contributed by atoms with Gasteiger partial charge in [-0.3, -0.25) is 9.59 Å². The van der Waals surface area contributed by atoms with E-state index in [1.165, 1.54) is 19.1 Å². The molecule has 2 rings (SSSR count). The molecule has 0 spiro atoms. The molecule has 0 saturated heterocycles. The predicted molar refractivity (Wildman–Crippen MR) is 95.7 cm³/mol. The lowest BCUT2D eigenvalue weighted by Gasteiger charge is -2.12. The van der Waals surface area contributed by atoms with Crippen LogP contribution < -0.4 is 20.6 Å². The number of hydrogen-bond donors (Lipinski definition) is 4. The average Bonchev–Trinajstić information content (AvgIpc) is 2.64. The number of rotatable bonds is 9. The maximum atomic E-state index is 11.7. The number of anilines is 1. The van der Waals surface area contributed by atoms with Crippen molar-refractivity contribution < 1.29 is 24.8 Å². The average molecular weight is 359 g/mol. The van der Waals surface area contributed by atoms with Gasteiger partial charge in [-0.15, -0.1) is 0 Å². The first-order valence-electron chi connectivity index (χ1n) is 8.03. The molecule has 0 aliphatic rings. The minimum Gasteiger partial charge on any atom is -0.595 e. The summed E-state index contributed by atoms with van der Waals surface area (Å²) in [5, 5.41) is 24.4. The number of carbonyl (C=O) groups excluding carboxylic acids is 2. The molecule has 2 aromatic rings. The second-order valence-electron chi connectivity index (χ2n) is 5.53. The van der Waals surface area contributed by atoms with Gasteiger partial charge >= 0.3 is 0 Å². The number of ketones is 1. The van der Waals surface area contributed by atoms with Gasteiger partial charge in [-0.2, -0.15) is 5.23 Å². The number of nitrogens with one attached hydrogen (secondary N) is 3. The summed E-state index contributed by atoms with van der Waals surface area (Å²) in [7, 11) is 0. The van der Waals surface area contributed by atoms with Crippen molar-refractivity contribution in [3.8, 4) is 5.75 Å². The summed E-state index contributed by atoms with van der Waals surface area (Å²) in [4.78, 5) is 22.9. The van der Waals surface area contributed by atoms with Crippen molar-refractivity contribution in [2.45, 2.75) is 6.92 Å². The largest absolute Gasteiger partial charge is 0.595 e. The van der Waals surface area contributed by atoms with Gasteiger partial charge in [0.25, 0.3) is 5.91 Å². The summed E-state index contributed by atoms with van der Waals surface area (Å²) in [5.41, 5.74) is 1.58. The normalized spacial score (nSPS) is 11.5. The van der Waals surface area contributed by atoms with Crippen molar-refractivity contribution in [2.75, 3.05) is 25.0 Å². The van der Waals surface area contributed by atoms with Crippen molar-refractivity contribution >= 4 is 23.1 Å². The molecule has 8 heteroatoms. The fraction of sp³-hybridized carbons (Fsp3) is 0.222. The molecule has 2 aromatic carbocycles. The predicted octanol–water partition coefficient (Wildman–Crippen LogP) is 0.900. The van der Waals surface area contributed by atoms with Gasteiger partial charge in [0.05, 0.1) is 0 Å². The van der Waals surface area contributed by atoms with Crippen LogP contribution in [-0.4, -0.2) is 36.6 Å². The second kappa shape index (κ2) is 9.52. The van der Waals surface area contributed by atoms with Crippen LogP contribution in [0.25, 0.3) is 0 Å². The van der Waals surface area contributed by atoms with Crippen LogP contribution in [-0.2, 0) is 4.79 Å². The number of Topliss-reactive ketones (excluding diaryl/α,β-unsaturated/α-hetero) is 1. The fourth-order valence-corrected chi connectivity index (χ4v) is 2.13. The van der Waals surface area contributed by atoms with Crippen LogP contribution in [0, 0.1) is 5.21 Å². The zero-order valence-electron chi connectivity index (χ0n) is 14.3.